The molecule has 4 aromatic rings. The number of carboxylic acids is 1. The number of ether oxygens (including phenoxy) is 2. The van der Waals surface area contributed by atoms with Gasteiger partial charge in [0, 0.05) is 23.1 Å². The Morgan fingerprint density at radius 1 is 1.16 bits per heavy atom. The maximum atomic E-state index is 12.0. The lowest BCUT2D eigenvalue weighted by Gasteiger charge is -2.10. The number of aliphatic carboxylic acids is 1. The number of aromatic amines is 1. The summed E-state index contributed by atoms with van der Waals surface area (Å²) in [5.41, 5.74) is 5.35. The van der Waals surface area contributed by atoms with Gasteiger partial charge in [-0.3, -0.25) is 0 Å². The van der Waals surface area contributed by atoms with Gasteiger partial charge in [0.2, 0.25) is 6.79 Å². The molecule has 8 heteroatoms. The Morgan fingerprint density at radius 3 is 2.77 bits per heavy atom. The van der Waals surface area contributed by atoms with Gasteiger partial charge in [-0.2, -0.15) is 0 Å². The normalized spacial score (nSPS) is 13.2. The molecule has 1 aliphatic rings. The Labute approximate surface area is 182 Å². The van der Waals surface area contributed by atoms with Crippen LogP contribution in [0.4, 0.5) is 0 Å². The SMILES string of the molecule is Cc1cc(/C=C(/Sc2nc3ccccc3[nH]2)C(=O)O)c(C)n1-c1ccc2c(c1)OCO2. The van der Waals surface area contributed by atoms with Crippen LogP contribution in [-0.2, 0) is 4.79 Å². The van der Waals surface area contributed by atoms with Crippen molar-refractivity contribution in [3.05, 3.63) is 70.4 Å². The summed E-state index contributed by atoms with van der Waals surface area (Å²) in [6, 6.07) is 15.4. The predicted molar refractivity (Wildman–Crippen MR) is 119 cm³/mol. The molecule has 0 fully saturated rings. The number of benzene rings is 2. The van der Waals surface area contributed by atoms with E-state index in [0.717, 1.165) is 51.2 Å². The molecule has 5 rings (SSSR count). The van der Waals surface area contributed by atoms with Gasteiger partial charge < -0.3 is 24.1 Å². The monoisotopic (exact) mass is 433 g/mol. The summed E-state index contributed by atoms with van der Waals surface area (Å²) in [5, 5.41) is 10.3. The van der Waals surface area contributed by atoms with E-state index < -0.39 is 5.97 Å². The Balaban J connectivity index is 1.51. The number of rotatable bonds is 5. The number of nitrogens with zero attached hydrogens (tertiary/aromatic N) is 2. The molecule has 0 radical (unpaired) electrons. The molecule has 7 nitrogen and oxygen atoms in total. The third kappa shape index (κ3) is 3.55. The first-order valence-corrected chi connectivity index (χ1v) is 10.5. The van der Waals surface area contributed by atoms with Crippen LogP contribution in [0.3, 0.4) is 0 Å². The van der Waals surface area contributed by atoms with Crippen LogP contribution in [-0.4, -0.2) is 32.4 Å². The van der Waals surface area contributed by atoms with Gasteiger partial charge in [0.15, 0.2) is 16.7 Å². The number of hydrogen-bond acceptors (Lipinski definition) is 5. The van der Waals surface area contributed by atoms with E-state index in [1.807, 2.05) is 62.4 Å². The number of aryl methyl sites for hydroxylation is 1. The fourth-order valence-corrected chi connectivity index (χ4v) is 4.50. The molecule has 1 aliphatic heterocycles. The summed E-state index contributed by atoms with van der Waals surface area (Å²) in [7, 11) is 0. The van der Waals surface area contributed by atoms with Crippen molar-refractivity contribution in [3.8, 4) is 17.2 Å². The zero-order valence-electron chi connectivity index (χ0n) is 16.9. The molecule has 2 N–H and O–H groups in total. The number of thioether (sulfide) groups is 1. The Morgan fingerprint density at radius 2 is 1.97 bits per heavy atom. The molecule has 31 heavy (non-hydrogen) atoms. The minimum atomic E-state index is -1.00. The van der Waals surface area contributed by atoms with Crippen molar-refractivity contribution in [1.82, 2.24) is 14.5 Å². The Bertz CT molecular complexity index is 1320. The molecule has 0 atom stereocenters. The number of carboxylic acid groups (broad SMARTS) is 1. The smallest absolute Gasteiger partial charge is 0.342 e. The highest BCUT2D eigenvalue weighted by molar-refractivity contribution is 8.04. The van der Waals surface area contributed by atoms with Crippen LogP contribution in [0, 0.1) is 13.8 Å². The van der Waals surface area contributed by atoms with E-state index >= 15 is 0 Å². The molecule has 0 saturated carbocycles. The van der Waals surface area contributed by atoms with Gasteiger partial charge >= 0.3 is 5.97 Å². The van der Waals surface area contributed by atoms with Crippen LogP contribution in [0.5, 0.6) is 11.5 Å². The number of H-pyrrole nitrogens is 1. The van der Waals surface area contributed by atoms with E-state index in [0.29, 0.717) is 10.9 Å². The van der Waals surface area contributed by atoms with E-state index in [1.54, 1.807) is 6.08 Å². The summed E-state index contributed by atoms with van der Waals surface area (Å²) in [6.45, 7) is 4.17. The number of para-hydroxylation sites is 2. The standard InChI is InChI=1S/C23H19N3O4S/c1-13-9-15(14(2)26(13)16-7-8-19-20(11-16)30-12-29-19)10-21(22(27)28)31-23-24-17-5-3-4-6-18(17)25-23/h3-11H,12H2,1-2H3,(H,24,25)(H,27,28)/b21-10+. The number of imidazole rings is 1. The maximum Gasteiger partial charge on any atom is 0.342 e. The molecular weight excluding hydrogens is 414 g/mol. The molecule has 2 aromatic carbocycles. The van der Waals surface area contributed by atoms with Crippen LogP contribution in [0.25, 0.3) is 22.8 Å². The van der Waals surface area contributed by atoms with E-state index in [-0.39, 0.29) is 11.7 Å². The number of nitrogens with one attached hydrogen (secondary N) is 1. The lowest BCUT2D eigenvalue weighted by molar-refractivity contribution is -0.131. The molecule has 0 spiro atoms. The van der Waals surface area contributed by atoms with Crippen LogP contribution in [0.1, 0.15) is 17.0 Å². The molecule has 2 aromatic heterocycles. The van der Waals surface area contributed by atoms with Crippen LogP contribution < -0.4 is 9.47 Å². The number of aromatic nitrogens is 3. The second-order valence-electron chi connectivity index (χ2n) is 7.17. The minimum Gasteiger partial charge on any atom is -0.477 e. The summed E-state index contributed by atoms with van der Waals surface area (Å²) in [4.78, 5) is 19.8. The van der Waals surface area contributed by atoms with Crippen LogP contribution in [0.15, 0.2) is 58.6 Å². The fraction of sp³-hybridized carbons (Fsp3) is 0.130. The summed E-state index contributed by atoms with van der Waals surface area (Å²) in [5.74, 6) is 0.425. The zero-order chi connectivity index (χ0) is 21.5. The minimum absolute atomic E-state index is 0.185. The van der Waals surface area contributed by atoms with Gasteiger partial charge in [-0.15, -0.1) is 0 Å². The average Bonchev–Trinajstić information content (AvgIpc) is 3.44. The number of hydrogen-bond donors (Lipinski definition) is 2. The third-order valence-corrected chi connectivity index (χ3v) is 6.06. The Hall–Kier alpha value is -3.65. The van der Waals surface area contributed by atoms with Gasteiger partial charge in [-0.1, -0.05) is 12.1 Å². The second-order valence-corrected chi connectivity index (χ2v) is 8.21. The van der Waals surface area contributed by atoms with Crippen molar-refractivity contribution in [1.29, 1.82) is 0 Å². The highest BCUT2D eigenvalue weighted by Crippen LogP contribution is 2.35. The van der Waals surface area contributed by atoms with Crippen molar-refractivity contribution in [2.45, 2.75) is 19.0 Å². The molecular formula is C23H19N3O4S. The van der Waals surface area contributed by atoms with Crippen molar-refractivity contribution < 1.29 is 19.4 Å². The molecule has 0 amide bonds. The van der Waals surface area contributed by atoms with Crippen LogP contribution >= 0.6 is 11.8 Å². The first-order chi connectivity index (χ1) is 15.0. The number of fused-ring (bicyclic) bond motifs is 2. The van der Waals surface area contributed by atoms with Crippen molar-refractivity contribution in [2.75, 3.05) is 6.79 Å². The van der Waals surface area contributed by atoms with Gasteiger partial charge in [0.1, 0.15) is 4.91 Å². The largest absolute Gasteiger partial charge is 0.477 e. The number of carbonyl (C=O) groups is 1. The topological polar surface area (TPSA) is 89.4 Å². The van der Waals surface area contributed by atoms with E-state index in [4.69, 9.17) is 9.47 Å². The molecule has 3 heterocycles. The highest BCUT2D eigenvalue weighted by Gasteiger charge is 2.18. The lowest BCUT2D eigenvalue weighted by atomic mass is 10.2. The summed E-state index contributed by atoms with van der Waals surface area (Å²) < 4.78 is 13.0. The predicted octanol–water partition coefficient (Wildman–Crippen LogP) is 4.92. The molecule has 0 aliphatic carbocycles. The molecule has 0 saturated heterocycles. The van der Waals surface area contributed by atoms with E-state index in [2.05, 4.69) is 14.5 Å². The van der Waals surface area contributed by atoms with Crippen molar-refractivity contribution >= 4 is 34.8 Å². The van der Waals surface area contributed by atoms with Crippen molar-refractivity contribution in [3.63, 3.8) is 0 Å². The molecule has 0 bridgehead atoms. The van der Waals surface area contributed by atoms with E-state index in [1.165, 1.54) is 0 Å². The average molecular weight is 433 g/mol. The van der Waals surface area contributed by atoms with Crippen molar-refractivity contribution in [2.24, 2.45) is 0 Å². The maximum absolute atomic E-state index is 12.0. The molecule has 0 unspecified atom stereocenters. The van der Waals surface area contributed by atoms with Gasteiger partial charge in [-0.25, -0.2) is 9.78 Å². The third-order valence-electron chi connectivity index (χ3n) is 5.16. The summed E-state index contributed by atoms with van der Waals surface area (Å²) >= 11 is 1.10. The van der Waals surface area contributed by atoms with Gasteiger partial charge in [0.05, 0.1) is 11.0 Å². The fourth-order valence-electron chi connectivity index (χ4n) is 3.71. The second kappa shape index (κ2) is 7.55. The van der Waals surface area contributed by atoms with E-state index in [9.17, 15) is 9.90 Å². The van der Waals surface area contributed by atoms with Gasteiger partial charge in [-0.05, 0) is 67.6 Å². The lowest BCUT2D eigenvalue weighted by Crippen LogP contribution is -2.00. The first-order valence-electron chi connectivity index (χ1n) is 9.66. The first kappa shape index (κ1) is 19.3. The zero-order valence-corrected chi connectivity index (χ0v) is 17.7. The Kier molecular flexibility index (Phi) is 4.71. The summed E-state index contributed by atoms with van der Waals surface area (Å²) in [6.07, 6.45) is 1.69. The van der Waals surface area contributed by atoms with Gasteiger partial charge in [0.25, 0.3) is 0 Å². The molecule has 156 valence electrons. The van der Waals surface area contributed by atoms with Crippen LogP contribution in [0.2, 0.25) is 0 Å². The highest BCUT2D eigenvalue weighted by atomic mass is 32.2. The quantitative estimate of drug-likeness (QED) is 0.343.